The molecule has 11 heteroatoms. The third kappa shape index (κ3) is 5.36. The van der Waals surface area contributed by atoms with Crippen LogP contribution in [0.15, 0.2) is 34.1 Å². The van der Waals surface area contributed by atoms with Gasteiger partial charge in [0, 0.05) is 38.1 Å². The molecule has 0 atom stereocenters. The number of nitrogens with zero attached hydrogens (tertiary/aromatic N) is 3. The van der Waals surface area contributed by atoms with Crippen molar-refractivity contribution in [1.29, 1.82) is 0 Å². The number of nitrogens with one attached hydrogen (secondary N) is 3. The lowest BCUT2D eigenvalue weighted by Crippen LogP contribution is -2.29. The minimum absolute atomic E-state index is 0. The van der Waals surface area contributed by atoms with Crippen molar-refractivity contribution >= 4 is 45.0 Å². The van der Waals surface area contributed by atoms with E-state index in [1.165, 1.54) is 12.1 Å². The summed E-state index contributed by atoms with van der Waals surface area (Å²) < 4.78 is 1.95. The molecular weight excluding hydrogens is 472 g/mol. The van der Waals surface area contributed by atoms with Gasteiger partial charge >= 0.3 is 0 Å². The van der Waals surface area contributed by atoms with E-state index in [0.717, 1.165) is 25.2 Å². The molecule has 0 saturated heterocycles. The Morgan fingerprint density at radius 1 is 0.971 bits per heavy atom. The molecule has 0 amide bonds. The van der Waals surface area contributed by atoms with Crippen LogP contribution in [0, 0.1) is 0 Å². The maximum atomic E-state index is 12.8. The van der Waals surface area contributed by atoms with Gasteiger partial charge in [-0.25, -0.2) is 0 Å². The van der Waals surface area contributed by atoms with Crippen LogP contribution in [0.1, 0.15) is 0 Å². The van der Waals surface area contributed by atoms with Crippen molar-refractivity contribution in [2.24, 2.45) is 4.99 Å². The van der Waals surface area contributed by atoms with E-state index in [2.05, 4.69) is 25.6 Å². The van der Waals surface area contributed by atoms with Crippen molar-refractivity contribution in [3.63, 3.8) is 0 Å². The van der Waals surface area contributed by atoms with E-state index in [1.807, 2.05) is 30.9 Å². The molecule has 0 saturated carbocycles. The molecule has 0 fully saturated rings. The van der Waals surface area contributed by atoms with Crippen LogP contribution in [-0.2, 0) is 6.54 Å². The van der Waals surface area contributed by atoms with Gasteiger partial charge in [0.2, 0.25) is 0 Å². The van der Waals surface area contributed by atoms with Gasteiger partial charge in [0.25, 0.3) is 0 Å². The zero-order valence-electron chi connectivity index (χ0n) is 20.0. The molecule has 1 aromatic heterocycles. The van der Waals surface area contributed by atoms with Crippen LogP contribution in [-0.4, -0.2) is 90.0 Å². The Labute approximate surface area is 208 Å². The summed E-state index contributed by atoms with van der Waals surface area (Å²) in [5.41, 5.74) is 1.14. The molecule has 0 aliphatic rings. The predicted octanol–water partition coefficient (Wildman–Crippen LogP) is 0.541. The third-order valence-electron chi connectivity index (χ3n) is 5.92. The van der Waals surface area contributed by atoms with Gasteiger partial charge in [-0.2, -0.15) is 0 Å². The van der Waals surface area contributed by atoms with Gasteiger partial charge in [-0.1, -0.05) is 0 Å². The number of phenolic OH excluding ortho intramolecular Hbond substituents is 2. The normalized spacial score (nSPS) is 12.4. The highest BCUT2D eigenvalue weighted by Crippen LogP contribution is 2.41. The Bertz CT molecular complexity index is 1420. The summed E-state index contributed by atoms with van der Waals surface area (Å²) in [7, 11) is 4.06. The first-order valence-corrected chi connectivity index (χ1v) is 11.5. The number of likely N-dealkylation sites (N-methyl/N-ethyl adjacent to an activating group) is 1. The molecule has 3 aromatic carbocycles. The summed E-state index contributed by atoms with van der Waals surface area (Å²) in [5, 5.41) is 42.7. The van der Waals surface area contributed by atoms with Crippen LogP contribution >= 0.6 is 12.4 Å². The summed E-state index contributed by atoms with van der Waals surface area (Å²) in [6, 6.07) is 6.40. The minimum Gasteiger partial charge on any atom is -0.507 e. The molecule has 0 radical (unpaired) electrons. The molecule has 0 aliphatic heterocycles. The van der Waals surface area contributed by atoms with Crippen LogP contribution in [0.4, 0.5) is 0 Å². The average Bonchev–Trinajstić information content (AvgIpc) is 3.17. The number of aliphatic hydroxyl groups is 1. The Balaban J connectivity index is 0.00000342. The van der Waals surface area contributed by atoms with Crippen LogP contribution in [0.25, 0.3) is 32.6 Å². The number of aromatic nitrogens is 2. The molecule has 4 rings (SSSR count). The van der Waals surface area contributed by atoms with E-state index in [0.29, 0.717) is 47.8 Å². The topological polar surface area (TPSA) is 138 Å². The van der Waals surface area contributed by atoms with Gasteiger partial charge in [0.15, 0.2) is 5.43 Å². The summed E-state index contributed by atoms with van der Waals surface area (Å²) >= 11 is 0. The number of hydrogen-bond acceptors (Lipinski definition) is 8. The number of aromatic hydroxyl groups is 2. The number of halogens is 1. The van der Waals surface area contributed by atoms with Crippen LogP contribution in [0.3, 0.4) is 0 Å². The fourth-order valence-electron chi connectivity index (χ4n) is 4.30. The largest absolute Gasteiger partial charge is 0.507 e. The zero-order chi connectivity index (χ0) is 24.2. The average molecular weight is 505 g/mol. The van der Waals surface area contributed by atoms with E-state index in [1.54, 1.807) is 0 Å². The Hall–Kier alpha value is -2.89. The molecule has 1 heterocycles. The molecule has 190 valence electrons. The number of rotatable bonds is 11. The quantitative estimate of drug-likeness (QED) is 0.129. The Kier molecular flexibility index (Phi) is 8.92. The molecule has 0 spiro atoms. The number of phenols is 2. The van der Waals surface area contributed by atoms with Gasteiger partial charge in [-0.15, -0.1) is 12.4 Å². The van der Waals surface area contributed by atoms with E-state index in [9.17, 15) is 15.0 Å². The number of hydrogen-bond donors (Lipinski definition) is 6. The maximum absolute atomic E-state index is 12.8. The number of aromatic amines is 1. The second-order valence-corrected chi connectivity index (χ2v) is 8.58. The van der Waals surface area contributed by atoms with Crippen LogP contribution in [0.5, 0.6) is 11.5 Å². The van der Waals surface area contributed by atoms with Crippen molar-refractivity contribution < 1.29 is 15.3 Å². The molecule has 35 heavy (non-hydrogen) atoms. The van der Waals surface area contributed by atoms with Crippen molar-refractivity contribution in [2.75, 3.05) is 60.0 Å². The smallest absolute Gasteiger partial charge is 0.189 e. The molecule has 4 aromatic rings. The number of aliphatic hydroxyl groups excluding tert-OH is 1. The molecule has 0 bridgehead atoms. The number of fused-ring (bicyclic) bond motifs is 2. The third-order valence-corrected chi connectivity index (χ3v) is 5.92. The molecule has 0 unspecified atom stereocenters. The fourth-order valence-corrected chi connectivity index (χ4v) is 4.30. The van der Waals surface area contributed by atoms with Gasteiger partial charge < -0.3 is 30.9 Å². The molecule has 0 aliphatic carbocycles. The lowest BCUT2D eigenvalue weighted by molar-refractivity contribution is 0.293. The van der Waals surface area contributed by atoms with Crippen LogP contribution < -0.4 is 21.4 Å². The molecule has 6 N–H and O–H groups in total. The van der Waals surface area contributed by atoms with E-state index in [-0.39, 0.29) is 46.7 Å². The first-order valence-electron chi connectivity index (χ1n) is 11.5. The first kappa shape index (κ1) is 26.7. The lowest BCUT2D eigenvalue weighted by Gasteiger charge is -2.11. The highest BCUT2D eigenvalue weighted by molar-refractivity contribution is 6.23. The zero-order valence-corrected chi connectivity index (χ0v) is 20.8. The van der Waals surface area contributed by atoms with E-state index >= 15 is 0 Å². The standard InChI is InChI=1S/C24H32N6O4.ClH/c1-29(2)12-9-26-10-13-30-16-4-3-15(27-8-7-25-11-14-31)19-20(16)23(28-30)21-17(32)5-6-18(33)22(21)24(19)34;/h3-6,25-26,28,31,33-34H,7-14H2,1-2H3;1H. The predicted molar refractivity (Wildman–Crippen MR) is 141 cm³/mol. The summed E-state index contributed by atoms with van der Waals surface area (Å²) in [6.45, 7) is 4.69. The van der Waals surface area contributed by atoms with Crippen molar-refractivity contribution in [2.45, 2.75) is 6.54 Å². The second-order valence-electron chi connectivity index (χ2n) is 8.58. The lowest BCUT2D eigenvalue weighted by atomic mass is 9.99. The molecular formula is C24H33ClN6O4. The summed E-state index contributed by atoms with van der Waals surface area (Å²) in [5.74, 6) is -0.308. The minimum atomic E-state index is -0.278. The number of benzene rings is 3. The van der Waals surface area contributed by atoms with Gasteiger partial charge in [0.05, 0.1) is 52.2 Å². The van der Waals surface area contributed by atoms with Crippen LogP contribution in [0.2, 0.25) is 0 Å². The molecule has 10 nitrogen and oxygen atoms in total. The first-order chi connectivity index (χ1) is 16.4. The van der Waals surface area contributed by atoms with Gasteiger partial charge in [-0.05, 0) is 38.4 Å². The second kappa shape index (κ2) is 11.7. The highest BCUT2D eigenvalue weighted by atomic mass is 35.5. The van der Waals surface area contributed by atoms with Gasteiger partial charge in [0.1, 0.15) is 11.5 Å². The van der Waals surface area contributed by atoms with E-state index in [4.69, 9.17) is 5.11 Å². The van der Waals surface area contributed by atoms with Crippen molar-refractivity contribution in [3.05, 3.63) is 39.8 Å². The Morgan fingerprint density at radius 3 is 2.49 bits per heavy atom. The van der Waals surface area contributed by atoms with Crippen molar-refractivity contribution in [1.82, 2.24) is 25.3 Å². The fraction of sp³-hybridized carbons (Fsp3) is 0.417. The maximum Gasteiger partial charge on any atom is 0.189 e. The Morgan fingerprint density at radius 2 is 1.74 bits per heavy atom. The summed E-state index contributed by atoms with van der Waals surface area (Å²) in [4.78, 5) is 19.6. The van der Waals surface area contributed by atoms with Gasteiger partial charge in [-0.3, -0.25) is 19.6 Å². The van der Waals surface area contributed by atoms with E-state index < -0.39 is 0 Å². The number of H-pyrrole nitrogens is 1. The SMILES string of the molecule is CN(C)CCNCCn1[nH]c2c3c(=O)ccc(O)c3c(O)c3c(=NCCNCCO)ccc1c32.Cl. The monoisotopic (exact) mass is 504 g/mol. The summed E-state index contributed by atoms with van der Waals surface area (Å²) in [6.07, 6.45) is 0. The van der Waals surface area contributed by atoms with Crippen molar-refractivity contribution in [3.8, 4) is 11.5 Å². The highest BCUT2D eigenvalue weighted by Gasteiger charge is 2.21.